The predicted octanol–water partition coefficient (Wildman–Crippen LogP) is 0.649. The maximum absolute atomic E-state index is 11.4. The fraction of sp³-hybridized carbons (Fsp3) is 0.800. The Kier molecular flexibility index (Phi) is 4.92. The molecule has 0 saturated carbocycles. The van der Waals surface area contributed by atoms with Crippen LogP contribution in [-0.2, 0) is 9.84 Å². The molecule has 1 fully saturated rings. The number of hydrogen-bond donors (Lipinski definition) is 2. The maximum atomic E-state index is 11.4. The van der Waals surface area contributed by atoms with Crippen molar-refractivity contribution in [3.8, 4) is 0 Å². The predicted molar refractivity (Wildman–Crippen MR) is 66.7 cm³/mol. The van der Waals surface area contributed by atoms with Crippen LogP contribution in [0, 0.1) is 0 Å². The van der Waals surface area contributed by atoms with Crippen molar-refractivity contribution in [2.45, 2.75) is 39.2 Å². The summed E-state index contributed by atoms with van der Waals surface area (Å²) in [6.07, 6.45) is 2.05. The van der Waals surface area contributed by atoms with E-state index < -0.39 is 15.9 Å². The lowest BCUT2D eigenvalue weighted by Crippen LogP contribution is -2.41. The maximum Gasteiger partial charge on any atom is 0.335 e. The Balaban J connectivity index is 2.38. The van der Waals surface area contributed by atoms with Gasteiger partial charge in [0.05, 0.1) is 11.5 Å². The molecule has 1 heterocycles. The van der Waals surface area contributed by atoms with E-state index in [2.05, 4.69) is 15.8 Å². The van der Waals surface area contributed by atoms with Crippen LogP contribution in [0.5, 0.6) is 0 Å². The van der Waals surface area contributed by atoms with Crippen molar-refractivity contribution in [1.29, 1.82) is 0 Å². The number of amides is 2. The van der Waals surface area contributed by atoms with Crippen LogP contribution in [0.25, 0.3) is 0 Å². The number of nitrogens with zero attached hydrogens (tertiary/aromatic N) is 1. The van der Waals surface area contributed by atoms with E-state index in [-0.39, 0.29) is 17.5 Å². The number of hydrazone groups is 1. The van der Waals surface area contributed by atoms with Crippen LogP contribution in [-0.4, -0.2) is 37.7 Å². The fourth-order valence-electron chi connectivity index (χ4n) is 1.66. The summed E-state index contributed by atoms with van der Waals surface area (Å²) < 4.78 is 22.4. The Hall–Kier alpha value is -1.11. The van der Waals surface area contributed by atoms with Crippen molar-refractivity contribution in [3.05, 3.63) is 0 Å². The minimum Gasteiger partial charge on any atom is -0.333 e. The van der Waals surface area contributed by atoms with Crippen LogP contribution < -0.4 is 10.7 Å². The highest BCUT2D eigenvalue weighted by Crippen LogP contribution is 2.10. The summed E-state index contributed by atoms with van der Waals surface area (Å²) in [7, 11) is -2.96. The highest BCUT2D eigenvalue weighted by atomic mass is 32.2. The van der Waals surface area contributed by atoms with Gasteiger partial charge >= 0.3 is 6.03 Å². The van der Waals surface area contributed by atoms with Gasteiger partial charge in [-0.15, -0.1) is 0 Å². The third kappa shape index (κ3) is 4.72. The lowest BCUT2D eigenvalue weighted by molar-refractivity contribution is 0.238. The minimum absolute atomic E-state index is 0.0263. The third-order valence-corrected chi connectivity index (χ3v) is 4.47. The van der Waals surface area contributed by atoms with Crippen LogP contribution in [0.4, 0.5) is 4.79 Å². The zero-order valence-electron chi connectivity index (χ0n) is 10.2. The number of nitrogens with one attached hydrogen (secondary N) is 2. The Morgan fingerprint density at radius 1 is 1.35 bits per heavy atom. The van der Waals surface area contributed by atoms with Gasteiger partial charge in [-0.2, -0.15) is 5.10 Å². The van der Waals surface area contributed by atoms with Crippen molar-refractivity contribution < 1.29 is 13.2 Å². The number of carbonyl (C=O) groups excluding carboxylic acids is 1. The van der Waals surface area contributed by atoms with Gasteiger partial charge in [-0.05, 0) is 19.3 Å². The average molecular weight is 261 g/mol. The molecular formula is C10H19N3O3S. The number of sulfone groups is 1. The molecule has 7 heteroatoms. The molecule has 1 aliphatic heterocycles. The first-order valence-electron chi connectivity index (χ1n) is 5.79. The molecule has 0 aromatic carbocycles. The second kappa shape index (κ2) is 6.00. The van der Waals surface area contributed by atoms with Crippen molar-refractivity contribution in [1.82, 2.24) is 10.7 Å². The molecular weight excluding hydrogens is 242 g/mol. The van der Waals surface area contributed by atoms with Gasteiger partial charge in [0.15, 0.2) is 9.84 Å². The third-order valence-electron chi connectivity index (χ3n) is 2.70. The van der Waals surface area contributed by atoms with E-state index in [1.165, 1.54) is 0 Å². The zero-order valence-corrected chi connectivity index (χ0v) is 11.0. The minimum atomic E-state index is -2.96. The molecule has 17 heavy (non-hydrogen) atoms. The Morgan fingerprint density at radius 2 is 2.00 bits per heavy atom. The first-order valence-corrected chi connectivity index (χ1v) is 7.61. The lowest BCUT2D eigenvalue weighted by Gasteiger charge is -2.10. The van der Waals surface area contributed by atoms with E-state index in [0.717, 1.165) is 18.6 Å². The first kappa shape index (κ1) is 14.0. The quantitative estimate of drug-likeness (QED) is 0.575. The molecule has 0 radical (unpaired) electrons. The highest BCUT2D eigenvalue weighted by Gasteiger charge is 2.28. The molecule has 1 aliphatic rings. The van der Waals surface area contributed by atoms with Crippen LogP contribution in [0.3, 0.4) is 0 Å². The SMILES string of the molecule is CCC(CC)=NNC(=O)N[C@@H]1CCS(=O)(=O)C1. The number of hydrogen-bond acceptors (Lipinski definition) is 4. The van der Waals surface area contributed by atoms with E-state index in [9.17, 15) is 13.2 Å². The molecule has 0 bridgehead atoms. The first-order chi connectivity index (χ1) is 7.96. The molecule has 0 aromatic heterocycles. The molecule has 6 nitrogen and oxygen atoms in total. The number of carbonyl (C=O) groups is 1. The molecule has 1 saturated heterocycles. The fourth-order valence-corrected chi connectivity index (χ4v) is 3.34. The van der Waals surface area contributed by atoms with Crippen molar-refractivity contribution in [3.63, 3.8) is 0 Å². The van der Waals surface area contributed by atoms with Crippen molar-refractivity contribution >= 4 is 21.6 Å². The molecule has 2 amide bonds. The second-order valence-electron chi connectivity index (χ2n) is 4.07. The summed E-state index contributed by atoms with van der Waals surface area (Å²) in [5.74, 6) is 0.176. The van der Waals surface area contributed by atoms with Gasteiger partial charge in [-0.1, -0.05) is 13.8 Å². The van der Waals surface area contributed by atoms with Gasteiger partial charge in [0.1, 0.15) is 0 Å². The van der Waals surface area contributed by atoms with Gasteiger partial charge in [-0.25, -0.2) is 18.6 Å². The van der Waals surface area contributed by atoms with Crippen LogP contribution in [0.2, 0.25) is 0 Å². The van der Waals surface area contributed by atoms with Gasteiger partial charge in [0.25, 0.3) is 0 Å². The molecule has 0 spiro atoms. The van der Waals surface area contributed by atoms with Crippen LogP contribution in [0.1, 0.15) is 33.1 Å². The van der Waals surface area contributed by atoms with Crippen LogP contribution >= 0.6 is 0 Å². The van der Waals surface area contributed by atoms with E-state index >= 15 is 0 Å². The van der Waals surface area contributed by atoms with E-state index in [0.29, 0.717) is 6.42 Å². The molecule has 0 aromatic rings. The van der Waals surface area contributed by atoms with E-state index in [4.69, 9.17) is 0 Å². The zero-order chi connectivity index (χ0) is 12.9. The summed E-state index contributed by atoms with van der Waals surface area (Å²) in [4.78, 5) is 11.4. The summed E-state index contributed by atoms with van der Waals surface area (Å²) in [6, 6.07) is -0.728. The monoisotopic (exact) mass is 261 g/mol. The molecule has 98 valence electrons. The Labute approximate surface area is 102 Å². The Morgan fingerprint density at radius 3 is 2.47 bits per heavy atom. The summed E-state index contributed by atoms with van der Waals surface area (Å²) in [6.45, 7) is 3.93. The summed E-state index contributed by atoms with van der Waals surface area (Å²) in [5, 5.41) is 6.55. The highest BCUT2D eigenvalue weighted by molar-refractivity contribution is 7.91. The van der Waals surface area contributed by atoms with Gasteiger partial charge in [0.2, 0.25) is 0 Å². The Bertz CT molecular complexity index is 397. The normalized spacial score (nSPS) is 21.9. The smallest absolute Gasteiger partial charge is 0.333 e. The molecule has 0 aliphatic carbocycles. The van der Waals surface area contributed by atoms with Gasteiger partial charge in [-0.3, -0.25) is 0 Å². The van der Waals surface area contributed by atoms with Crippen molar-refractivity contribution in [2.24, 2.45) is 5.10 Å². The van der Waals surface area contributed by atoms with Gasteiger partial charge in [0, 0.05) is 11.8 Å². The molecule has 0 unspecified atom stereocenters. The van der Waals surface area contributed by atoms with Crippen molar-refractivity contribution in [2.75, 3.05) is 11.5 Å². The van der Waals surface area contributed by atoms with Gasteiger partial charge < -0.3 is 5.32 Å². The van der Waals surface area contributed by atoms with E-state index in [1.54, 1.807) is 0 Å². The standard InChI is InChI=1S/C10H19N3O3S/c1-3-8(4-2)12-13-10(14)11-9-5-6-17(15,16)7-9/h9H,3-7H2,1-2H3,(H2,11,13,14)/t9-/m1/s1. The largest absolute Gasteiger partial charge is 0.335 e. The lowest BCUT2D eigenvalue weighted by atomic mass is 10.2. The van der Waals surface area contributed by atoms with E-state index in [1.807, 2.05) is 13.8 Å². The average Bonchev–Trinajstić information content (AvgIpc) is 2.59. The topological polar surface area (TPSA) is 87.6 Å². The number of urea groups is 1. The second-order valence-corrected chi connectivity index (χ2v) is 6.30. The molecule has 2 N–H and O–H groups in total. The summed E-state index contributed by atoms with van der Waals surface area (Å²) >= 11 is 0. The van der Waals surface area contributed by atoms with Crippen LogP contribution in [0.15, 0.2) is 5.10 Å². The molecule has 1 rings (SSSR count). The summed E-state index contributed by atoms with van der Waals surface area (Å²) in [5.41, 5.74) is 3.28. The molecule has 1 atom stereocenters. The number of rotatable bonds is 4.